The molecular weight excluding hydrogens is 472 g/mol. The Kier molecular flexibility index (Phi) is 11.0. The Morgan fingerprint density at radius 2 is 1.61 bits per heavy atom. The minimum absolute atomic E-state index is 0.292. The zero-order valence-corrected chi connectivity index (χ0v) is 25.3. The number of fused-ring (bicyclic) bond motifs is 5. The van der Waals surface area contributed by atoms with Crippen LogP contribution in [0.4, 0.5) is 0 Å². The van der Waals surface area contributed by atoms with Crippen molar-refractivity contribution in [1.82, 2.24) is 4.90 Å². The topological polar surface area (TPSA) is 99.8 Å². The molecule has 4 aliphatic carbocycles. The maximum Gasteiger partial charge on any atom is 0.0637 e. The van der Waals surface area contributed by atoms with Crippen molar-refractivity contribution in [2.24, 2.45) is 63.5 Å². The summed E-state index contributed by atoms with van der Waals surface area (Å²) in [6, 6.07) is 0. The minimum atomic E-state index is 0.292. The molecule has 222 valence electrons. The molecule has 0 aromatic heterocycles. The molecule has 4 aliphatic rings. The lowest BCUT2D eigenvalue weighted by Crippen LogP contribution is -2.59. The van der Waals surface area contributed by atoms with Gasteiger partial charge in [-0.25, -0.2) is 0 Å². The zero-order valence-electron chi connectivity index (χ0n) is 25.3. The summed E-state index contributed by atoms with van der Waals surface area (Å²) in [6.45, 7) is 12.7. The molecule has 10 atom stereocenters. The van der Waals surface area contributed by atoms with Gasteiger partial charge in [-0.05, 0) is 150 Å². The Hall–Kier alpha value is -0.240. The van der Waals surface area contributed by atoms with Gasteiger partial charge in [0.15, 0.2) is 0 Å². The molecule has 4 fully saturated rings. The molecule has 4 saturated carbocycles. The Labute approximate surface area is 234 Å². The van der Waals surface area contributed by atoms with Gasteiger partial charge in [0, 0.05) is 19.9 Å². The SMILES string of the molecule is C[C@H](CCCN(C)CN)C1CC[C@H]2C3CCC4C[C@H](OCCCN)CCC4(C)[C@H]3C[C@H](OCCCN)C12C. The van der Waals surface area contributed by atoms with Gasteiger partial charge >= 0.3 is 0 Å². The van der Waals surface area contributed by atoms with Crippen LogP contribution in [0, 0.1) is 46.3 Å². The van der Waals surface area contributed by atoms with Crippen LogP contribution < -0.4 is 17.2 Å². The molecule has 0 heterocycles. The van der Waals surface area contributed by atoms with Crippen LogP contribution in [0.2, 0.25) is 0 Å². The quantitative estimate of drug-likeness (QED) is 0.215. The molecular formula is C32H62N4O2. The smallest absolute Gasteiger partial charge is 0.0637 e. The van der Waals surface area contributed by atoms with Crippen molar-refractivity contribution in [2.45, 2.75) is 110 Å². The van der Waals surface area contributed by atoms with Gasteiger partial charge < -0.3 is 26.7 Å². The number of nitrogens with zero attached hydrogens (tertiary/aromatic N) is 1. The van der Waals surface area contributed by atoms with Crippen molar-refractivity contribution in [3.8, 4) is 0 Å². The molecule has 6 N–H and O–H groups in total. The van der Waals surface area contributed by atoms with Crippen molar-refractivity contribution in [3.63, 3.8) is 0 Å². The number of hydrogen-bond donors (Lipinski definition) is 3. The molecule has 38 heavy (non-hydrogen) atoms. The van der Waals surface area contributed by atoms with E-state index in [1.807, 2.05) is 0 Å². The summed E-state index contributed by atoms with van der Waals surface area (Å²) >= 11 is 0. The van der Waals surface area contributed by atoms with E-state index < -0.39 is 0 Å². The van der Waals surface area contributed by atoms with Crippen molar-refractivity contribution in [2.75, 3.05) is 46.6 Å². The molecule has 4 rings (SSSR count). The van der Waals surface area contributed by atoms with E-state index in [1.54, 1.807) is 0 Å². The molecule has 6 heteroatoms. The summed E-state index contributed by atoms with van der Waals surface area (Å²) in [7, 11) is 2.14. The first-order valence-corrected chi connectivity index (χ1v) is 16.3. The number of rotatable bonds is 14. The van der Waals surface area contributed by atoms with Crippen LogP contribution in [-0.2, 0) is 9.47 Å². The van der Waals surface area contributed by atoms with Crippen molar-refractivity contribution in [3.05, 3.63) is 0 Å². The lowest BCUT2D eigenvalue weighted by Gasteiger charge is -2.63. The Morgan fingerprint density at radius 1 is 0.868 bits per heavy atom. The summed E-state index contributed by atoms with van der Waals surface area (Å²) in [5, 5.41) is 0. The Morgan fingerprint density at radius 3 is 2.32 bits per heavy atom. The summed E-state index contributed by atoms with van der Waals surface area (Å²) in [5.74, 6) is 4.76. The average molecular weight is 535 g/mol. The van der Waals surface area contributed by atoms with E-state index in [-0.39, 0.29) is 0 Å². The molecule has 0 saturated heterocycles. The highest BCUT2D eigenvalue weighted by molar-refractivity contribution is 5.13. The van der Waals surface area contributed by atoms with E-state index in [4.69, 9.17) is 26.7 Å². The number of ether oxygens (including phenoxy) is 2. The fourth-order valence-corrected chi connectivity index (χ4v) is 10.1. The van der Waals surface area contributed by atoms with E-state index in [9.17, 15) is 0 Å². The number of nitrogens with two attached hydrogens (primary N) is 3. The Balaban J connectivity index is 1.50. The van der Waals surface area contributed by atoms with Crippen LogP contribution in [0.5, 0.6) is 0 Å². The maximum absolute atomic E-state index is 6.90. The lowest BCUT2D eigenvalue weighted by molar-refractivity contribution is -0.192. The fraction of sp³-hybridized carbons (Fsp3) is 1.00. The predicted octanol–water partition coefficient (Wildman–Crippen LogP) is 4.99. The molecule has 6 nitrogen and oxygen atoms in total. The van der Waals surface area contributed by atoms with E-state index in [1.165, 1.54) is 64.2 Å². The van der Waals surface area contributed by atoms with Gasteiger partial charge in [-0.15, -0.1) is 0 Å². The van der Waals surface area contributed by atoms with E-state index in [2.05, 4.69) is 32.7 Å². The third-order valence-electron chi connectivity index (χ3n) is 12.3. The van der Waals surface area contributed by atoms with Crippen LogP contribution in [0.15, 0.2) is 0 Å². The molecule has 0 bridgehead atoms. The first-order chi connectivity index (χ1) is 18.3. The van der Waals surface area contributed by atoms with Crippen molar-refractivity contribution in [1.29, 1.82) is 0 Å². The van der Waals surface area contributed by atoms with Gasteiger partial charge in [-0.1, -0.05) is 20.8 Å². The highest BCUT2D eigenvalue weighted by Crippen LogP contribution is 2.69. The third kappa shape index (κ3) is 6.16. The normalized spacial score (nSPS) is 41.5. The molecule has 0 amide bonds. The second-order valence-electron chi connectivity index (χ2n) is 14.2. The van der Waals surface area contributed by atoms with Gasteiger partial charge in [0.25, 0.3) is 0 Å². The van der Waals surface area contributed by atoms with Gasteiger partial charge in [0.05, 0.1) is 12.2 Å². The lowest BCUT2D eigenvalue weighted by atomic mass is 9.43. The van der Waals surface area contributed by atoms with Gasteiger partial charge in [-0.3, -0.25) is 4.90 Å². The monoisotopic (exact) mass is 534 g/mol. The summed E-state index contributed by atoms with van der Waals surface area (Å²) in [6.07, 6.45) is 15.9. The van der Waals surface area contributed by atoms with E-state index in [0.717, 1.165) is 81.2 Å². The first-order valence-electron chi connectivity index (χ1n) is 16.3. The standard InChI is InChI=1S/C32H62N4O2/c1-23(8-5-17-36(4)22-35)27-11-12-28-26-10-9-24-20-25(37-18-6-15-33)13-14-31(24,2)29(26)21-30(32(27,28)3)38-19-7-16-34/h23-30H,5-22,33-35H2,1-4H3/t23-,24?,25-,26?,27?,28+,29+,30+,31?,32?/m1/s1. The third-order valence-corrected chi connectivity index (χ3v) is 12.3. The van der Waals surface area contributed by atoms with Crippen molar-refractivity contribution < 1.29 is 9.47 Å². The Bertz CT molecular complexity index is 724. The molecule has 0 aromatic carbocycles. The van der Waals surface area contributed by atoms with Gasteiger partial charge in [0.2, 0.25) is 0 Å². The minimum Gasteiger partial charge on any atom is -0.378 e. The van der Waals surface area contributed by atoms with Crippen LogP contribution in [0.25, 0.3) is 0 Å². The van der Waals surface area contributed by atoms with Crippen LogP contribution in [0.3, 0.4) is 0 Å². The van der Waals surface area contributed by atoms with Gasteiger partial charge in [0.1, 0.15) is 0 Å². The van der Waals surface area contributed by atoms with E-state index >= 15 is 0 Å². The molecule has 0 aromatic rings. The average Bonchev–Trinajstić information content (AvgIpc) is 3.27. The fourth-order valence-electron chi connectivity index (χ4n) is 10.1. The van der Waals surface area contributed by atoms with Crippen LogP contribution >= 0.6 is 0 Å². The van der Waals surface area contributed by atoms with E-state index in [0.29, 0.717) is 29.7 Å². The highest BCUT2D eigenvalue weighted by atomic mass is 16.5. The predicted molar refractivity (Wildman–Crippen MR) is 158 cm³/mol. The molecule has 5 unspecified atom stereocenters. The first kappa shape index (κ1) is 30.7. The summed E-state index contributed by atoms with van der Waals surface area (Å²) < 4.78 is 13.2. The summed E-state index contributed by atoms with van der Waals surface area (Å²) in [5.41, 5.74) is 18.2. The maximum atomic E-state index is 6.90. The molecule has 0 aliphatic heterocycles. The van der Waals surface area contributed by atoms with Crippen LogP contribution in [-0.4, -0.2) is 63.7 Å². The second kappa shape index (κ2) is 13.6. The van der Waals surface area contributed by atoms with Crippen molar-refractivity contribution >= 4 is 0 Å². The summed E-state index contributed by atoms with van der Waals surface area (Å²) in [4.78, 5) is 2.24. The van der Waals surface area contributed by atoms with Crippen LogP contribution in [0.1, 0.15) is 97.8 Å². The number of hydrogen-bond acceptors (Lipinski definition) is 6. The van der Waals surface area contributed by atoms with Gasteiger partial charge in [-0.2, -0.15) is 0 Å². The largest absolute Gasteiger partial charge is 0.378 e. The molecule has 0 spiro atoms. The molecule has 0 radical (unpaired) electrons. The zero-order chi connectivity index (χ0) is 27.3. The second-order valence-corrected chi connectivity index (χ2v) is 14.2. The highest BCUT2D eigenvalue weighted by Gasteiger charge is 2.64.